The van der Waals surface area contributed by atoms with Crippen LogP contribution < -0.4 is 10.6 Å². The highest BCUT2D eigenvalue weighted by molar-refractivity contribution is 6.42. The number of halogens is 2. The molecule has 0 aromatic heterocycles. The molecular formula is C11H14Cl2N2O. The highest BCUT2D eigenvalue weighted by Gasteiger charge is 2.33. The molecule has 1 aromatic rings. The van der Waals surface area contributed by atoms with Crippen LogP contribution >= 0.6 is 23.2 Å². The van der Waals surface area contributed by atoms with Gasteiger partial charge in [-0.1, -0.05) is 23.2 Å². The SMILES string of the molecule is NC1(CO)CCN(c2ccc(Cl)c(Cl)c2)C1. The van der Waals surface area contributed by atoms with Gasteiger partial charge in [0.25, 0.3) is 0 Å². The Morgan fingerprint density at radius 2 is 2.12 bits per heavy atom. The number of benzene rings is 1. The molecule has 1 fully saturated rings. The maximum absolute atomic E-state index is 9.19. The van der Waals surface area contributed by atoms with E-state index in [9.17, 15) is 5.11 Å². The molecule has 2 rings (SSSR count). The molecule has 3 nitrogen and oxygen atoms in total. The van der Waals surface area contributed by atoms with Gasteiger partial charge >= 0.3 is 0 Å². The van der Waals surface area contributed by atoms with Crippen molar-refractivity contribution >= 4 is 28.9 Å². The zero-order valence-electron chi connectivity index (χ0n) is 8.79. The first-order valence-corrected chi connectivity index (χ1v) is 5.89. The predicted octanol–water partition coefficient (Wildman–Crippen LogP) is 1.89. The lowest BCUT2D eigenvalue weighted by Crippen LogP contribution is -2.46. The Balaban J connectivity index is 2.17. The molecule has 1 aliphatic heterocycles. The molecule has 0 bridgehead atoms. The summed E-state index contributed by atoms with van der Waals surface area (Å²) in [7, 11) is 0. The molecule has 0 saturated carbocycles. The number of aliphatic hydroxyl groups is 1. The smallest absolute Gasteiger partial charge is 0.0629 e. The van der Waals surface area contributed by atoms with E-state index in [0.717, 1.165) is 18.7 Å². The Hall–Kier alpha value is -0.480. The highest BCUT2D eigenvalue weighted by atomic mass is 35.5. The molecule has 5 heteroatoms. The summed E-state index contributed by atoms with van der Waals surface area (Å²) in [6.45, 7) is 1.47. The van der Waals surface area contributed by atoms with Crippen LogP contribution in [0.1, 0.15) is 6.42 Å². The molecule has 1 aliphatic rings. The second-order valence-electron chi connectivity index (χ2n) is 4.29. The molecule has 1 saturated heterocycles. The van der Waals surface area contributed by atoms with Gasteiger partial charge in [0.2, 0.25) is 0 Å². The van der Waals surface area contributed by atoms with Crippen molar-refractivity contribution in [2.75, 3.05) is 24.6 Å². The van der Waals surface area contributed by atoms with E-state index in [1.54, 1.807) is 6.07 Å². The summed E-state index contributed by atoms with van der Waals surface area (Å²) in [5.41, 5.74) is 6.50. The van der Waals surface area contributed by atoms with Gasteiger partial charge in [-0.3, -0.25) is 0 Å². The van der Waals surface area contributed by atoms with E-state index in [0.29, 0.717) is 16.6 Å². The standard InChI is InChI=1S/C11H14Cl2N2O/c12-9-2-1-8(5-10(9)13)15-4-3-11(14,6-15)7-16/h1-2,5,16H,3-4,6-7,14H2. The first kappa shape index (κ1) is 12.0. The van der Waals surface area contributed by atoms with Crippen molar-refractivity contribution < 1.29 is 5.11 Å². The Labute approximate surface area is 105 Å². The molecular weight excluding hydrogens is 247 g/mol. The first-order chi connectivity index (χ1) is 7.54. The Morgan fingerprint density at radius 3 is 2.69 bits per heavy atom. The topological polar surface area (TPSA) is 49.5 Å². The van der Waals surface area contributed by atoms with E-state index in [4.69, 9.17) is 28.9 Å². The molecule has 1 unspecified atom stereocenters. The maximum Gasteiger partial charge on any atom is 0.0629 e. The summed E-state index contributed by atoms with van der Waals surface area (Å²) in [5, 5.41) is 10.3. The third kappa shape index (κ3) is 2.28. The van der Waals surface area contributed by atoms with Gasteiger partial charge in [-0.2, -0.15) is 0 Å². The van der Waals surface area contributed by atoms with Crippen LogP contribution in [-0.2, 0) is 0 Å². The van der Waals surface area contributed by atoms with Gasteiger partial charge in [-0.15, -0.1) is 0 Å². The summed E-state index contributed by atoms with van der Waals surface area (Å²) in [6.07, 6.45) is 0.781. The van der Waals surface area contributed by atoms with Crippen LogP contribution in [0.25, 0.3) is 0 Å². The molecule has 0 radical (unpaired) electrons. The molecule has 1 heterocycles. The van der Waals surface area contributed by atoms with E-state index >= 15 is 0 Å². The number of hydrogen-bond acceptors (Lipinski definition) is 3. The summed E-state index contributed by atoms with van der Waals surface area (Å²) in [4.78, 5) is 2.11. The van der Waals surface area contributed by atoms with Crippen LogP contribution in [0.15, 0.2) is 18.2 Å². The van der Waals surface area contributed by atoms with Crippen LogP contribution in [0.3, 0.4) is 0 Å². The lowest BCUT2D eigenvalue weighted by molar-refractivity contribution is 0.210. The van der Waals surface area contributed by atoms with E-state index < -0.39 is 5.54 Å². The van der Waals surface area contributed by atoms with Crippen molar-refractivity contribution in [2.24, 2.45) is 5.73 Å². The summed E-state index contributed by atoms with van der Waals surface area (Å²) in [5.74, 6) is 0. The fourth-order valence-electron chi connectivity index (χ4n) is 1.93. The summed E-state index contributed by atoms with van der Waals surface area (Å²) >= 11 is 11.8. The molecule has 0 amide bonds. The summed E-state index contributed by atoms with van der Waals surface area (Å²) in [6, 6.07) is 5.51. The second-order valence-corrected chi connectivity index (χ2v) is 5.10. The van der Waals surface area contributed by atoms with Crippen molar-refractivity contribution in [3.8, 4) is 0 Å². The largest absolute Gasteiger partial charge is 0.394 e. The minimum Gasteiger partial charge on any atom is -0.394 e. The van der Waals surface area contributed by atoms with Crippen LogP contribution in [0.4, 0.5) is 5.69 Å². The molecule has 0 spiro atoms. The Kier molecular flexibility index (Phi) is 3.31. The normalized spacial score (nSPS) is 25.1. The molecule has 1 aromatic carbocycles. The minimum atomic E-state index is -0.494. The fourth-order valence-corrected chi connectivity index (χ4v) is 2.22. The zero-order chi connectivity index (χ0) is 11.8. The fraction of sp³-hybridized carbons (Fsp3) is 0.455. The third-order valence-corrected chi connectivity index (χ3v) is 3.71. The van der Waals surface area contributed by atoms with Crippen molar-refractivity contribution in [3.63, 3.8) is 0 Å². The third-order valence-electron chi connectivity index (χ3n) is 2.97. The number of anilines is 1. The number of rotatable bonds is 2. The lowest BCUT2D eigenvalue weighted by Gasteiger charge is -2.23. The van der Waals surface area contributed by atoms with Gasteiger partial charge in [-0.25, -0.2) is 0 Å². The Bertz CT molecular complexity index is 400. The average Bonchev–Trinajstić information content (AvgIpc) is 2.66. The van der Waals surface area contributed by atoms with Crippen molar-refractivity contribution in [2.45, 2.75) is 12.0 Å². The van der Waals surface area contributed by atoms with Crippen LogP contribution in [0.2, 0.25) is 10.0 Å². The van der Waals surface area contributed by atoms with E-state index in [1.165, 1.54) is 0 Å². The minimum absolute atomic E-state index is 0.00478. The van der Waals surface area contributed by atoms with Crippen molar-refractivity contribution in [3.05, 3.63) is 28.2 Å². The highest BCUT2D eigenvalue weighted by Crippen LogP contribution is 2.30. The van der Waals surface area contributed by atoms with Gasteiger partial charge in [0.15, 0.2) is 0 Å². The lowest BCUT2D eigenvalue weighted by atomic mass is 10.0. The zero-order valence-corrected chi connectivity index (χ0v) is 10.3. The molecule has 3 N–H and O–H groups in total. The number of nitrogens with two attached hydrogens (primary N) is 1. The monoisotopic (exact) mass is 260 g/mol. The van der Waals surface area contributed by atoms with Gasteiger partial charge < -0.3 is 15.7 Å². The van der Waals surface area contributed by atoms with E-state index in [1.807, 2.05) is 12.1 Å². The maximum atomic E-state index is 9.19. The number of hydrogen-bond donors (Lipinski definition) is 2. The quantitative estimate of drug-likeness (QED) is 0.854. The molecule has 1 atom stereocenters. The second kappa shape index (κ2) is 4.41. The van der Waals surface area contributed by atoms with E-state index in [2.05, 4.69) is 4.90 Å². The summed E-state index contributed by atoms with van der Waals surface area (Å²) < 4.78 is 0. The number of nitrogens with zero attached hydrogens (tertiary/aromatic N) is 1. The number of aliphatic hydroxyl groups excluding tert-OH is 1. The first-order valence-electron chi connectivity index (χ1n) is 5.14. The van der Waals surface area contributed by atoms with Gasteiger partial charge in [0, 0.05) is 18.8 Å². The Morgan fingerprint density at radius 1 is 1.38 bits per heavy atom. The van der Waals surface area contributed by atoms with Crippen molar-refractivity contribution in [1.82, 2.24) is 0 Å². The van der Waals surface area contributed by atoms with Crippen LogP contribution in [0, 0.1) is 0 Å². The van der Waals surface area contributed by atoms with Crippen LogP contribution in [0.5, 0.6) is 0 Å². The molecule has 16 heavy (non-hydrogen) atoms. The van der Waals surface area contributed by atoms with Crippen molar-refractivity contribution in [1.29, 1.82) is 0 Å². The molecule has 88 valence electrons. The average molecular weight is 261 g/mol. The van der Waals surface area contributed by atoms with Crippen LogP contribution in [-0.4, -0.2) is 30.3 Å². The van der Waals surface area contributed by atoms with Gasteiger partial charge in [-0.05, 0) is 24.6 Å². The van der Waals surface area contributed by atoms with Gasteiger partial charge in [0.05, 0.1) is 22.2 Å². The van der Waals surface area contributed by atoms with Gasteiger partial charge in [0.1, 0.15) is 0 Å². The predicted molar refractivity (Wildman–Crippen MR) is 67.3 cm³/mol. The molecule has 0 aliphatic carbocycles. The van der Waals surface area contributed by atoms with E-state index in [-0.39, 0.29) is 6.61 Å².